The highest BCUT2D eigenvalue weighted by Crippen LogP contribution is 2.21. The van der Waals surface area contributed by atoms with Crippen molar-refractivity contribution in [1.29, 1.82) is 0 Å². The summed E-state index contributed by atoms with van der Waals surface area (Å²) in [5.41, 5.74) is 1.46. The molecule has 1 aromatic carbocycles. The van der Waals surface area contributed by atoms with E-state index in [0.717, 1.165) is 0 Å². The molecule has 0 aliphatic carbocycles. The zero-order valence-corrected chi connectivity index (χ0v) is 12.7. The van der Waals surface area contributed by atoms with Crippen LogP contribution in [-0.4, -0.2) is 31.2 Å². The Morgan fingerprint density at radius 3 is 2.52 bits per heavy atom. The first kappa shape index (κ1) is 17.0. The molecule has 8 heteroatoms. The molecule has 0 saturated carbocycles. The molecule has 0 aromatic heterocycles. The Morgan fingerprint density at radius 2 is 1.95 bits per heavy atom. The number of anilines is 2. The Labute approximate surface area is 123 Å². The van der Waals surface area contributed by atoms with Crippen LogP contribution in [0, 0.1) is 6.92 Å². The molecule has 0 spiro atoms. The van der Waals surface area contributed by atoms with Crippen molar-refractivity contribution in [1.82, 2.24) is 0 Å². The van der Waals surface area contributed by atoms with Crippen molar-refractivity contribution >= 4 is 33.3 Å². The summed E-state index contributed by atoms with van der Waals surface area (Å²) in [5, 5.41) is 11.2. The fourth-order valence-corrected chi connectivity index (χ4v) is 2.60. The maximum atomic E-state index is 11.8. The highest BCUT2D eigenvalue weighted by Gasteiger charge is 2.14. The van der Waals surface area contributed by atoms with E-state index >= 15 is 0 Å². The fraction of sp³-hybridized carbons (Fsp3) is 0.385. The summed E-state index contributed by atoms with van der Waals surface area (Å²) in [5.74, 6) is -1.87. The van der Waals surface area contributed by atoms with Gasteiger partial charge in [0.15, 0.2) is 0 Å². The monoisotopic (exact) mass is 314 g/mol. The summed E-state index contributed by atoms with van der Waals surface area (Å²) in [4.78, 5) is 21.8. The lowest BCUT2D eigenvalue weighted by molar-refractivity contribution is -0.136. The van der Waals surface area contributed by atoms with Crippen LogP contribution in [0.25, 0.3) is 0 Å². The fourth-order valence-electron chi connectivity index (χ4n) is 1.50. The van der Waals surface area contributed by atoms with Gasteiger partial charge in [0.25, 0.3) is 0 Å². The molecular formula is C13H18N2O5S. The van der Waals surface area contributed by atoms with Gasteiger partial charge in [-0.05, 0) is 24.6 Å². The molecule has 1 amide bonds. The second-order valence-corrected chi connectivity index (χ2v) is 6.34. The van der Waals surface area contributed by atoms with Crippen molar-refractivity contribution in [3.8, 4) is 0 Å². The van der Waals surface area contributed by atoms with Gasteiger partial charge in [0.05, 0.1) is 17.9 Å². The quantitative estimate of drug-likeness (QED) is 0.707. The standard InChI is InChI=1S/C13H18N2O5S/c1-3-12(16)14-10-5-4-9(2)11(8-10)15-21(19,20)7-6-13(17)18/h4-5,8,15H,3,6-7H2,1-2H3,(H,14,16)(H,17,18). The van der Waals surface area contributed by atoms with Gasteiger partial charge in [0.2, 0.25) is 15.9 Å². The second kappa shape index (κ2) is 7.07. The van der Waals surface area contributed by atoms with Crippen LogP contribution in [0.3, 0.4) is 0 Å². The third kappa shape index (κ3) is 5.82. The zero-order chi connectivity index (χ0) is 16.0. The van der Waals surface area contributed by atoms with Gasteiger partial charge in [0.1, 0.15) is 0 Å². The van der Waals surface area contributed by atoms with Crippen LogP contribution in [0.1, 0.15) is 25.3 Å². The first-order valence-corrected chi connectivity index (χ1v) is 8.01. The summed E-state index contributed by atoms with van der Waals surface area (Å²) in [7, 11) is -3.75. The number of carbonyl (C=O) groups is 2. The zero-order valence-electron chi connectivity index (χ0n) is 11.8. The number of amides is 1. The van der Waals surface area contributed by atoms with Crippen molar-refractivity contribution < 1.29 is 23.1 Å². The van der Waals surface area contributed by atoms with Crippen LogP contribution in [0.15, 0.2) is 18.2 Å². The number of rotatable bonds is 7. The third-order valence-electron chi connectivity index (χ3n) is 2.69. The second-order valence-electron chi connectivity index (χ2n) is 4.50. The largest absolute Gasteiger partial charge is 0.481 e. The molecule has 0 radical (unpaired) electrons. The molecule has 7 nitrogen and oxygen atoms in total. The Bertz CT molecular complexity index is 640. The highest BCUT2D eigenvalue weighted by atomic mass is 32.2. The minimum atomic E-state index is -3.75. The number of sulfonamides is 1. The molecule has 0 aliphatic rings. The lowest BCUT2D eigenvalue weighted by atomic mass is 10.2. The van der Waals surface area contributed by atoms with Crippen LogP contribution in [0.5, 0.6) is 0 Å². The molecule has 0 aliphatic heterocycles. The van der Waals surface area contributed by atoms with Crippen LogP contribution >= 0.6 is 0 Å². The van der Waals surface area contributed by atoms with E-state index in [1.807, 2.05) is 0 Å². The summed E-state index contributed by atoms with van der Waals surface area (Å²) in [6, 6.07) is 4.83. The lowest BCUT2D eigenvalue weighted by Crippen LogP contribution is -2.19. The molecule has 0 unspecified atom stereocenters. The number of carboxylic acid groups (broad SMARTS) is 1. The molecule has 3 N–H and O–H groups in total. The molecule has 1 aromatic rings. The van der Waals surface area contributed by atoms with Gasteiger partial charge in [0, 0.05) is 12.1 Å². The van der Waals surface area contributed by atoms with Crippen molar-refractivity contribution in [2.45, 2.75) is 26.7 Å². The molecule has 0 atom stereocenters. The number of aryl methyl sites for hydroxylation is 1. The van der Waals surface area contributed by atoms with E-state index in [0.29, 0.717) is 23.4 Å². The normalized spacial score (nSPS) is 11.0. The number of hydrogen-bond acceptors (Lipinski definition) is 4. The SMILES string of the molecule is CCC(=O)Nc1ccc(C)c(NS(=O)(=O)CCC(=O)O)c1. The molecule has 0 fully saturated rings. The number of nitrogens with one attached hydrogen (secondary N) is 2. The van der Waals surface area contributed by atoms with Gasteiger partial charge < -0.3 is 10.4 Å². The lowest BCUT2D eigenvalue weighted by Gasteiger charge is -2.12. The molecule has 1 rings (SSSR count). The van der Waals surface area contributed by atoms with E-state index in [4.69, 9.17) is 5.11 Å². The van der Waals surface area contributed by atoms with E-state index in [9.17, 15) is 18.0 Å². The average Bonchev–Trinajstić information content (AvgIpc) is 2.40. The van der Waals surface area contributed by atoms with Crippen LogP contribution in [-0.2, 0) is 19.6 Å². The van der Waals surface area contributed by atoms with E-state index in [-0.39, 0.29) is 5.91 Å². The number of aliphatic carboxylic acids is 1. The first-order chi connectivity index (χ1) is 9.73. The minimum absolute atomic E-state index is 0.182. The van der Waals surface area contributed by atoms with Gasteiger partial charge in [-0.25, -0.2) is 8.42 Å². The maximum Gasteiger partial charge on any atom is 0.304 e. The molecule has 0 heterocycles. The predicted octanol–water partition coefficient (Wildman–Crippen LogP) is 1.56. The van der Waals surface area contributed by atoms with Crippen molar-refractivity contribution in [3.63, 3.8) is 0 Å². The van der Waals surface area contributed by atoms with E-state index < -0.39 is 28.2 Å². The summed E-state index contributed by atoms with van der Waals surface area (Å²) in [6.45, 7) is 3.42. The van der Waals surface area contributed by atoms with Gasteiger partial charge in [-0.15, -0.1) is 0 Å². The smallest absolute Gasteiger partial charge is 0.304 e. The summed E-state index contributed by atoms with van der Waals surface area (Å²) in [6.07, 6.45) is -0.159. The molecule has 0 bridgehead atoms. The summed E-state index contributed by atoms with van der Waals surface area (Å²) >= 11 is 0. The topological polar surface area (TPSA) is 113 Å². The van der Waals surface area contributed by atoms with Gasteiger partial charge >= 0.3 is 5.97 Å². The Hall–Kier alpha value is -2.09. The minimum Gasteiger partial charge on any atom is -0.481 e. The van der Waals surface area contributed by atoms with Crippen LogP contribution in [0.2, 0.25) is 0 Å². The predicted molar refractivity (Wildman–Crippen MR) is 79.8 cm³/mol. The van der Waals surface area contributed by atoms with Gasteiger partial charge in [-0.1, -0.05) is 13.0 Å². The van der Waals surface area contributed by atoms with E-state index in [1.165, 1.54) is 6.07 Å². The Kier molecular flexibility index (Phi) is 5.71. The van der Waals surface area contributed by atoms with Crippen molar-refractivity contribution in [2.24, 2.45) is 0 Å². The molecule has 21 heavy (non-hydrogen) atoms. The van der Waals surface area contributed by atoms with E-state index in [1.54, 1.807) is 26.0 Å². The Morgan fingerprint density at radius 1 is 1.29 bits per heavy atom. The maximum absolute atomic E-state index is 11.8. The number of carbonyl (C=O) groups excluding carboxylic acids is 1. The van der Waals surface area contributed by atoms with Crippen molar-refractivity contribution in [2.75, 3.05) is 15.8 Å². The first-order valence-electron chi connectivity index (χ1n) is 6.36. The van der Waals surface area contributed by atoms with E-state index in [2.05, 4.69) is 10.0 Å². The molecular weight excluding hydrogens is 296 g/mol. The van der Waals surface area contributed by atoms with Gasteiger partial charge in [-0.2, -0.15) is 0 Å². The van der Waals surface area contributed by atoms with Gasteiger partial charge in [-0.3, -0.25) is 14.3 Å². The molecule has 0 saturated heterocycles. The summed E-state index contributed by atoms with van der Waals surface area (Å²) < 4.78 is 25.9. The van der Waals surface area contributed by atoms with Crippen molar-refractivity contribution in [3.05, 3.63) is 23.8 Å². The van der Waals surface area contributed by atoms with Crippen LogP contribution < -0.4 is 10.0 Å². The highest BCUT2D eigenvalue weighted by molar-refractivity contribution is 7.92. The number of hydrogen-bond donors (Lipinski definition) is 3. The average molecular weight is 314 g/mol. The van der Waals surface area contributed by atoms with Crippen LogP contribution in [0.4, 0.5) is 11.4 Å². The number of carboxylic acids is 1. The Balaban J connectivity index is 2.89. The third-order valence-corrected chi connectivity index (χ3v) is 3.97. The number of benzene rings is 1. The molecule has 116 valence electrons.